The number of carbonyl (C=O) groups is 1. The van der Waals surface area contributed by atoms with Gasteiger partial charge in [0.15, 0.2) is 18.9 Å². The number of unbranched alkanes of at least 4 members (excludes halogenated alkanes) is 30. The Morgan fingerprint density at radius 3 is 1.22 bits per heavy atom. The van der Waals surface area contributed by atoms with Gasteiger partial charge in [-0.25, -0.2) is 0 Å². The fraction of sp³-hybridized carbons (Fsp3) is 0.896. The molecule has 0 aromatic heterocycles. The second-order valence-corrected chi connectivity index (χ2v) is 24.6. The summed E-state index contributed by atoms with van der Waals surface area (Å²) >= 11 is 0. The summed E-state index contributed by atoms with van der Waals surface area (Å²) in [5, 5.41) is 121. The quantitative estimate of drug-likeness (QED) is 0.0201. The Bertz CT molecular complexity index is 1710. The van der Waals surface area contributed by atoms with Crippen LogP contribution < -0.4 is 5.32 Å². The van der Waals surface area contributed by atoms with E-state index in [0.29, 0.717) is 12.8 Å². The second-order valence-electron chi connectivity index (χ2n) is 24.6. The third kappa shape index (κ3) is 31.8. The minimum Gasteiger partial charge on any atom is -0.394 e. The van der Waals surface area contributed by atoms with Crippen LogP contribution in [0.3, 0.4) is 0 Å². The lowest BCUT2D eigenvalue weighted by Gasteiger charge is -2.48. The molecule has 1 amide bonds. The molecule has 504 valence electrons. The lowest BCUT2D eigenvalue weighted by atomic mass is 9.96. The van der Waals surface area contributed by atoms with Gasteiger partial charge < -0.3 is 89.9 Å². The van der Waals surface area contributed by atoms with Crippen molar-refractivity contribution in [2.75, 3.05) is 26.4 Å². The topological polar surface area (TPSA) is 307 Å². The number of hydrogen-bond donors (Lipinski definition) is 12. The molecule has 3 fully saturated rings. The molecule has 0 aromatic carbocycles. The van der Waals surface area contributed by atoms with E-state index in [1.165, 1.54) is 135 Å². The van der Waals surface area contributed by atoms with Gasteiger partial charge in [-0.15, -0.1) is 0 Å². The van der Waals surface area contributed by atoms with Crippen molar-refractivity contribution in [1.82, 2.24) is 5.32 Å². The Hall–Kier alpha value is -1.99. The van der Waals surface area contributed by atoms with Crippen molar-refractivity contribution in [3.8, 4) is 0 Å². The van der Waals surface area contributed by atoms with Gasteiger partial charge in [-0.3, -0.25) is 4.79 Å². The van der Waals surface area contributed by atoms with Crippen molar-refractivity contribution in [1.29, 1.82) is 0 Å². The van der Waals surface area contributed by atoms with Crippen LogP contribution in [0.15, 0.2) is 36.5 Å². The van der Waals surface area contributed by atoms with Crippen molar-refractivity contribution in [3.63, 3.8) is 0 Å². The van der Waals surface area contributed by atoms with Crippen molar-refractivity contribution < 1.29 is 89.4 Å². The van der Waals surface area contributed by atoms with Crippen molar-refractivity contribution >= 4 is 5.91 Å². The number of aliphatic hydroxyl groups is 11. The molecular formula is C67H123NO18. The zero-order valence-corrected chi connectivity index (χ0v) is 53.0. The molecule has 0 spiro atoms. The minimum absolute atomic E-state index is 0.252. The lowest BCUT2D eigenvalue weighted by molar-refractivity contribution is -0.379. The Morgan fingerprint density at radius 1 is 0.419 bits per heavy atom. The Labute approximate surface area is 517 Å². The van der Waals surface area contributed by atoms with Crippen LogP contribution in [-0.2, 0) is 33.2 Å². The van der Waals surface area contributed by atoms with Gasteiger partial charge >= 0.3 is 0 Å². The van der Waals surface area contributed by atoms with Crippen LogP contribution in [0.5, 0.6) is 0 Å². The van der Waals surface area contributed by atoms with Crippen LogP contribution >= 0.6 is 0 Å². The lowest BCUT2D eigenvalue weighted by Crippen LogP contribution is -2.66. The molecule has 0 saturated carbocycles. The van der Waals surface area contributed by atoms with E-state index in [-0.39, 0.29) is 18.9 Å². The van der Waals surface area contributed by atoms with E-state index >= 15 is 0 Å². The maximum Gasteiger partial charge on any atom is 0.220 e. The minimum atomic E-state index is -1.97. The van der Waals surface area contributed by atoms with Crippen LogP contribution in [0.2, 0.25) is 0 Å². The summed E-state index contributed by atoms with van der Waals surface area (Å²) in [5.74, 6) is -0.254. The largest absolute Gasteiger partial charge is 0.394 e. The van der Waals surface area contributed by atoms with Gasteiger partial charge in [-0.05, 0) is 51.4 Å². The number of ether oxygens (including phenoxy) is 6. The van der Waals surface area contributed by atoms with Crippen LogP contribution in [0.25, 0.3) is 0 Å². The number of allylic oxidation sites excluding steroid dienone is 6. The molecule has 0 aliphatic carbocycles. The van der Waals surface area contributed by atoms with Crippen molar-refractivity contribution in [3.05, 3.63) is 36.5 Å². The van der Waals surface area contributed by atoms with Crippen LogP contribution in [-0.4, -0.2) is 193 Å². The average molecular weight is 1230 g/mol. The van der Waals surface area contributed by atoms with Crippen LogP contribution in [0.1, 0.15) is 251 Å². The summed E-state index contributed by atoms with van der Waals surface area (Å²) in [6.45, 7) is 1.78. The third-order valence-electron chi connectivity index (χ3n) is 17.2. The highest BCUT2D eigenvalue weighted by Crippen LogP contribution is 2.33. The van der Waals surface area contributed by atoms with E-state index in [9.17, 15) is 61.0 Å². The zero-order valence-electron chi connectivity index (χ0n) is 53.0. The molecule has 0 radical (unpaired) electrons. The highest BCUT2D eigenvalue weighted by atomic mass is 16.8. The molecule has 17 atom stereocenters. The highest BCUT2D eigenvalue weighted by Gasteiger charge is 2.53. The second kappa shape index (κ2) is 49.7. The van der Waals surface area contributed by atoms with Crippen LogP contribution in [0.4, 0.5) is 0 Å². The number of rotatable bonds is 52. The number of carbonyl (C=O) groups excluding carboxylic acids is 1. The SMILES string of the molecule is CCCCC/C=C\C/C=C\C/C=C\CCCCCCCCC(=O)NC(COC1OC(CO)C(OC2OC(CO)C(OC3OC(CO)C(O)C(O)C3O)C(O)C2O)C(O)C1O)C(O)CCCCCCCCCCCCCCCCCCCCCCCC. The fourth-order valence-corrected chi connectivity index (χ4v) is 11.6. The van der Waals surface area contributed by atoms with E-state index in [4.69, 9.17) is 28.4 Å². The monoisotopic (exact) mass is 1230 g/mol. The molecule has 0 bridgehead atoms. The molecule has 3 aliphatic heterocycles. The van der Waals surface area contributed by atoms with Gasteiger partial charge in [-0.1, -0.05) is 230 Å². The maximum absolute atomic E-state index is 13.4. The van der Waals surface area contributed by atoms with Crippen molar-refractivity contribution in [2.45, 2.75) is 356 Å². The molecule has 3 rings (SSSR count). The van der Waals surface area contributed by atoms with E-state index < -0.39 is 124 Å². The first kappa shape index (κ1) is 78.3. The van der Waals surface area contributed by atoms with E-state index in [1.54, 1.807) is 0 Å². The first-order chi connectivity index (χ1) is 41.8. The summed E-state index contributed by atoms with van der Waals surface area (Å²) < 4.78 is 34.4. The first-order valence-corrected chi connectivity index (χ1v) is 34.2. The summed E-state index contributed by atoms with van der Waals surface area (Å²) in [7, 11) is 0. The maximum atomic E-state index is 13.4. The molecule has 12 N–H and O–H groups in total. The predicted octanol–water partition coefficient (Wildman–Crippen LogP) is 8.44. The number of aliphatic hydroxyl groups excluding tert-OH is 11. The average Bonchev–Trinajstić information content (AvgIpc) is 2.80. The highest BCUT2D eigenvalue weighted by molar-refractivity contribution is 5.76. The first-order valence-electron chi connectivity index (χ1n) is 34.2. The molecular weight excluding hydrogens is 1110 g/mol. The number of nitrogens with one attached hydrogen (secondary N) is 1. The fourth-order valence-electron chi connectivity index (χ4n) is 11.6. The Morgan fingerprint density at radius 2 is 0.767 bits per heavy atom. The number of amides is 1. The molecule has 3 heterocycles. The smallest absolute Gasteiger partial charge is 0.220 e. The molecule has 3 aliphatic rings. The Balaban J connectivity index is 1.45. The molecule has 0 aromatic rings. The van der Waals surface area contributed by atoms with Gasteiger partial charge in [-0.2, -0.15) is 0 Å². The summed E-state index contributed by atoms with van der Waals surface area (Å²) in [4.78, 5) is 13.4. The van der Waals surface area contributed by atoms with E-state index in [0.717, 1.165) is 83.5 Å². The molecule has 17 unspecified atom stereocenters. The van der Waals surface area contributed by atoms with E-state index in [1.807, 2.05) is 0 Å². The summed E-state index contributed by atoms with van der Waals surface area (Å²) in [6.07, 6.45) is 29.3. The molecule has 86 heavy (non-hydrogen) atoms. The molecule has 3 saturated heterocycles. The Kier molecular flexibility index (Phi) is 45.2. The van der Waals surface area contributed by atoms with Crippen molar-refractivity contribution in [2.24, 2.45) is 0 Å². The normalized spacial score (nSPS) is 29.0. The number of hydrogen-bond acceptors (Lipinski definition) is 18. The summed E-state index contributed by atoms with van der Waals surface area (Å²) in [5.41, 5.74) is 0. The molecule has 19 nitrogen and oxygen atoms in total. The van der Waals surface area contributed by atoms with Gasteiger partial charge in [0.1, 0.15) is 73.2 Å². The predicted molar refractivity (Wildman–Crippen MR) is 333 cm³/mol. The zero-order chi connectivity index (χ0) is 62.6. The molecule has 19 heteroatoms. The van der Waals surface area contributed by atoms with E-state index in [2.05, 4.69) is 55.6 Å². The van der Waals surface area contributed by atoms with Gasteiger partial charge in [0.25, 0.3) is 0 Å². The van der Waals surface area contributed by atoms with Gasteiger partial charge in [0.05, 0.1) is 38.6 Å². The van der Waals surface area contributed by atoms with Gasteiger partial charge in [0.2, 0.25) is 5.91 Å². The standard InChI is InChI=1S/C67H123NO18/c1-3-5-7-9-11-13-15-17-19-21-23-24-25-27-28-30-32-34-36-38-40-42-44-51(72)50(68-55(73)45-43-41-39-37-35-33-31-29-26-22-20-18-16-14-12-10-8-6-4-2)49-81-65-61(79)58(76)63(53(47-70)83-65)86-67-62(80)59(77)64(54(48-71)84-67)85-66-60(78)57(75)56(74)52(46-69)82-66/h12,14,18,20,26,29,50-54,56-67,69-72,74-80H,3-11,13,15-17,19,21-25,27-28,30-49H2,1-2H3,(H,68,73)/b14-12-,20-18-,29-26-. The van der Waals surface area contributed by atoms with Crippen LogP contribution in [0, 0.1) is 0 Å². The third-order valence-corrected chi connectivity index (χ3v) is 17.2. The van der Waals surface area contributed by atoms with Gasteiger partial charge in [0, 0.05) is 6.42 Å². The summed E-state index contributed by atoms with van der Waals surface area (Å²) in [6, 6.07) is -0.895.